The number of rotatable bonds is 6. The maximum absolute atomic E-state index is 13.3. The van der Waals surface area contributed by atoms with Crippen LogP contribution in [-0.4, -0.2) is 54.1 Å². The standard InChI is InChI=1S/C24H27N3O3S/c28-21(25-14-13-18-9-3-1-4-10-18)17-27-19-11-5-6-12-20(19)31-22(24(27)30)23(29)26-15-7-2-8-16-26/h1,3-6,9-12,22H,2,7-8,13-17H2,(H,25,28). The number of likely N-dealkylation sites (tertiary alicyclic amines) is 1. The molecular weight excluding hydrogens is 410 g/mol. The molecule has 0 bridgehead atoms. The predicted octanol–water partition coefficient (Wildman–Crippen LogP) is 2.87. The third-order valence-electron chi connectivity index (χ3n) is 5.66. The first-order chi connectivity index (χ1) is 15.1. The summed E-state index contributed by atoms with van der Waals surface area (Å²) in [5, 5.41) is 2.07. The lowest BCUT2D eigenvalue weighted by atomic mass is 10.1. The number of amides is 3. The zero-order valence-corrected chi connectivity index (χ0v) is 18.3. The van der Waals surface area contributed by atoms with Gasteiger partial charge in [0, 0.05) is 24.5 Å². The predicted molar refractivity (Wildman–Crippen MR) is 122 cm³/mol. The van der Waals surface area contributed by atoms with E-state index in [9.17, 15) is 14.4 Å². The lowest BCUT2D eigenvalue weighted by Crippen LogP contribution is -2.52. The Morgan fingerprint density at radius 1 is 0.968 bits per heavy atom. The number of para-hydroxylation sites is 1. The molecule has 2 aromatic carbocycles. The van der Waals surface area contributed by atoms with Crippen molar-refractivity contribution in [2.45, 2.75) is 35.8 Å². The highest BCUT2D eigenvalue weighted by molar-refractivity contribution is 8.01. The lowest BCUT2D eigenvalue weighted by Gasteiger charge is -2.36. The molecule has 0 aromatic heterocycles. The fourth-order valence-corrected chi connectivity index (χ4v) is 5.20. The Morgan fingerprint density at radius 3 is 2.45 bits per heavy atom. The van der Waals surface area contributed by atoms with Crippen LogP contribution in [0.25, 0.3) is 0 Å². The van der Waals surface area contributed by atoms with E-state index in [1.165, 1.54) is 16.7 Å². The van der Waals surface area contributed by atoms with Gasteiger partial charge in [-0.05, 0) is 43.4 Å². The van der Waals surface area contributed by atoms with Crippen molar-refractivity contribution in [2.75, 3.05) is 31.1 Å². The van der Waals surface area contributed by atoms with Gasteiger partial charge in [0.2, 0.25) is 11.8 Å². The quantitative estimate of drug-likeness (QED) is 0.706. The van der Waals surface area contributed by atoms with E-state index < -0.39 is 5.25 Å². The highest BCUT2D eigenvalue weighted by atomic mass is 32.2. The normalized spacial score (nSPS) is 18.5. The molecule has 0 radical (unpaired) electrons. The minimum absolute atomic E-state index is 0.0883. The molecule has 0 aliphatic carbocycles. The first-order valence-electron chi connectivity index (χ1n) is 10.8. The van der Waals surface area contributed by atoms with Gasteiger partial charge >= 0.3 is 0 Å². The summed E-state index contributed by atoms with van der Waals surface area (Å²) in [6.45, 7) is 1.81. The van der Waals surface area contributed by atoms with Gasteiger partial charge in [-0.15, -0.1) is 11.8 Å². The van der Waals surface area contributed by atoms with Crippen LogP contribution in [0.15, 0.2) is 59.5 Å². The Balaban J connectivity index is 1.44. The summed E-state index contributed by atoms with van der Waals surface area (Å²) in [7, 11) is 0. The molecular formula is C24H27N3O3S. The number of fused-ring (bicyclic) bond motifs is 1. The average Bonchev–Trinajstić information content (AvgIpc) is 2.81. The summed E-state index contributed by atoms with van der Waals surface area (Å²) >= 11 is 1.30. The van der Waals surface area contributed by atoms with Crippen molar-refractivity contribution >= 4 is 35.2 Å². The van der Waals surface area contributed by atoms with E-state index in [-0.39, 0.29) is 24.3 Å². The molecule has 162 valence electrons. The molecule has 6 nitrogen and oxygen atoms in total. The smallest absolute Gasteiger partial charge is 0.250 e. The fraction of sp³-hybridized carbons (Fsp3) is 0.375. The number of benzene rings is 2. The summed E-state index contributed by atoms with van der Waals surface area (Å²) in [4.78, 5) is 43.1. The van der Waals surface area contributed by atoms with Crippen LogP contribution in [0.1, 0.15) is 24.8 Å². The summed E-state index contributed by atoms with van der Waals surface area (Å²) in [5.74, 6) is -0.675. The molecule has 1 saturated heterocycles. The number of piperidine rings is 1. The second-order valence-corrected chi connectivity index (χ2v) is 9.01. The molecule has 2 aromatic rings. The summed E-state index contributed by atoms with van der Waals surface area (Å²) in [5.41, 5.74) is 1.84. The van der Waals surface area contributed by atoms with E-state index in [1.54, 1.807) is 4.90 Å². The van der Waals surface area contributed by atoms with Gasteiger partial charge in [-0.1, -0.05) is 42.5 Å². The van der Waals surface area contributed by atoms with Crippen molar-refractivity contribution in [3.8, 4) is 0 Å². The fourth-order valence-electron chi connectivity index (χ4n) is 4.01. The third-order valence-corrected chi connectivity index (χ3v) is 6.90. The first-order valence-corrected chi connectivity index (χ1v) is 11.7. The molecule has 1 fully saturated rings. The molecule has 4 rings (SSSR count). The topological polar surface area (TPSA) is 69.7 Å². The number of anilines is 1. The van der Waals surface area contributed by atoms with E-state index in [0.717, 1.165) is 36.1 Å². The van der Waals surface area contributed by atoms with Gasteiger partial charge in [0.05, 0.1) is 5.69 Å². The second kappa shape index (κ2) is 10.0. The van der Waals surface area contributed by atoms with E-state index in [2.05, 4.69) is 5.32 Å². The van der Waals surface area contributed by atoms with Crippen molar-refractivity contribution < 1.29 is 14.4 Å². The van der Waals surface area contributed by atoms with Crippen LogP contribution in [0, 0.1) is 0 Å². The summed E-state index contributed by atoms with van der Waals surface area (Å²) in [6.07, 6.45) is 3.79. The molecule has 0 saturated carbocycles. The largest absolute Gasteiger partial charge is 0.354 e. The van der Waals surface area contributed by atoms with Crippen LogP contribution in [0.5, 0.6) is 0 Å². The highest BCUT2D eigenvalue weighted by Gasteiger charge is 2.40. The van der Waals surface area contributed by atoms with Crippen LogP contribution < -0.4 is 10.2 Å². The molecule has 31 heavy (non-hydrogen) atoms. The van der Waals surface area contributed by atoms with Crippen molar-refractivity contribution in [1.29, 1.82) is 0 Å². The van der Waals surface area contributed by atoms with Gasteiger partial charge in [-0.3, -0.25) is 14.4 Å². The SMILES string of the molecule is O=C(CN1C(=O)C(C(=O)N2CCCCC2)Sc2ccccc21)NCCc1ccccc1. The highest BCUT2D eigenvalue weighted by Crippen LogP contribution is 2.39. The number of hydrogen-bond acceptors (Lipinski definition) is 4. The zero-order chi connectivity index (χ0) is 21.6. The lowest BCUT2D eigenvalue weighted by molar-refractivity contribution is -0.135. The van der Waals surface area contributed by atoms with Gasteiger partial charge in [-0.2, -0.15) is 0 Å². The van der Waals surface area contributed by atoms with Crippen molar-refractivity contribution in [2.24, 2.45) is 0 Å². The van der Waals surface area contributed by atoms with Crippen molar-refractivity contribution in [1.82, 2.24) is 10.2 Å². The van der Waals surface area contributed by atoms with E-state index in [0.29, 0.717) is 25.3 Å². The van der Waals surface area contributed by atoms with Crippen LogP contribution in [0.3, 0.4) is 0 Å². The van der Waals surface area contributed by atoms with Crippen LogP contribution >= 0.6 is 11.8 Å². The molecule has 7 heteroatoms. The van der Waals surface area contributed by atoms with Crippen LogP contribution in [-0.2, 0) is 20.8 Å². The second-order valence-electron chi connectivity index (χ2n) is 7.86. The first kappa shape index (κ1) is 21.4. The van der Waals surface area contributed by atoms with E-state index in [4.69, 9.17) is 0 Å². The van der Waals surface area contributed by atoms with Gasteiger partial charge in [0.15, 0.2) is 5.25 Å². The van der Waals surface area contributed by atoms with Crippen molar-refractivity contribution in [3.05, 3.63) is 60.2 Å². The molecule has 1 unspecified atom stereocenters. The molecule has 1 N–H and O–H groups in total. The number of carbonyl (C=O) groups excluding carboxylic acids is 3. The number of nitrogens with one attached hydrogen (secondary N) is 1. The molecule has 2 aliphatic heterocycles. The van der Waals surface area contributed by atoms with Crippen molar-refractivity contribution in [3.63, 3.8) is 0 Å². The van der Waals surface area contributed by atoms with Crippen LogP contribution in [0.4, 0.5) is 5.69 Å². The Morgan fingerprint density at radius 2 is 1.68 bits per heavy atom. The minimum atomic E-state index is -0.829. The van der Waals surface area contributed by atoms with Gasteiger partial charge in [0.1, 0.15) is 6.54 Å². The zero-order valence-electron chi connectivity index (χ0n) is 17.5. The molecule has 0 spiro atoms. The molecule has 1 atom stereocenters. The number of hydrogen-bond donors (Lipinski definition) is 1. The molecule has 2 heterocycles. The molecule has 3 amide bonds. The van der Waals surface area contributed by atoms with E-state index >= 15 is 0 Å². The summed E-state index contributed by atoms with van der Waals surface area (Å²) in [6, 6.07) is 17.4. The van der Waals surface area contributed by atoms with E-state index in [1.807, 2.05) is 54.6 Å². The average molecular weight is 438 g/mol. The number of nitrogens with zero attached hydrogens (tertiary/aromatic N) is 2. The number of thioether (sulfide) groups is 1. The Labute approximate surface area is 187 Å². The maximum Gasteiger partial charge on any atom is 0.250 e. The summed E-state index contributed by atoms with van der Waals surface area (Å²) < 4.78 is 0. The Bertz CT molecular complexity index is 944. The Kier molecular flexibility index (Phi) is 6.92. The maximum atomic E-state index is 13.3. The number of carbonyl (C=O) groups is 3. The Hall–Kier alpha value is -2.80. The van der Waals surface area contributed by atoms with Gasteiger partial charge < -0.3 is 15.1 Å². The van der Waals surface area contributed by atoms with Gasteiger partial charge in [-0.25, -0.2) is 0 Å². The molecule has 2 aliphatic rings. The minimum Gasteiger partial charge on any atom is -0.354 e. The van der Waals surface area contributed by atoms with Gasteiger partial charge in [0.25, 0.3) is 5.91 Å². The monoisotopic (exact) mass is 437 g/mol. The third kappa shape index (κ3) is 5.10. The van der Waals surface area contributed by atoms with Crippen LogP contribution in [0.2, 0.25) is 0 Å².